The smallest absolute Gasteiger partial charge is 0.00523 e. The van der Waals surface area contributed by atoms with Gasteiger partial charge in [0, 0.05) is 5.25 Å². The molecule has 0 radical (unpaired) electrons. The largest absolute Gasteiger partial charge is 0.158 e. The average molecular weight is 170 g/mol. The average Bonchev–Trinajstić information content (AvgIpc) is 2.12. The van der Waals surface area contributed by atoms with Crippen molar-refractivity contribution in [1.29, 1.82) is 0 Å². The number of fused-ring (bicyclic) bond motifs is 4. The van der Waals surface area contributed by atoms with Crippen LogP contribution in [0.5, 0.6) is 0 Å². The van der Waals surface area contributed by atoms with Crippen molar-refractivity contribution >= 4 is 11.8 Å². The quantitative estimate of drug-likeness (QED) is 0.537. The summed E-state index contributed by atoms with van der Waals surface area (Å²) in [6, 6.07) is 0. The summed E-state index contributed by atoms with van der Waals surface area (Å²) in [7, 11) is 0. The lowest BCUT2D eigenvalue weighted by molar-refractivity contribution is 0.287. The molecular weight excluding hydrogens is 152 g/mol. The van der Waals surface area contributed by atoms with Crippen LogP contribution in [0.1, 0.15) is 39.5 Å². The molecule has 3 rings (SSSR count). The Hall–Kier alpha value is 0.350. The van der Waals surface area contributed by atoms with Gasteiger partial charge in [-0.1, -0.05) is 13.8 Å². The molecule has 64 valence electrons. The minimum absolute atomic E-state index is 0.648. The highest BCUT2D eigenvalue weighted by atomic mass is 32.2. The summed E-state index contributed by atoms with van der Waals surface area (Å²) in [5.74, 6) is 2.50. The molecule has 0 aromatic carbocycles. The molecule has 2 aliphatic heterocycles. The highest BCUT2D eigenvalue weighted by Crippen LogP contribution is 2.46. The van der Waals surface area contributed by atoms with Crippen LogP contribution in [0.4, 0.5) is 0 Å². The van der Waals surface area contributed by atoms with E-state index < -0.39 is 0 Å². The maximum Gasteiger partial charge on any atom is 0.00523 e. The molecule has 11 heavy (non-hydrogen) atoms. The number of rotatable bonds is 0. The van der Waals surface area contributed by atoms with E-state index in [9.17, 15) is 0 Å². The minimum Gasteiger partial charge on any atom is -0.158 e. The third kappa shape index (κ3) is 1.74. The Morgan fingerprint density at radius 2 is 2.00 bits per heavy atom. The Morgan fingerprint density at radius 1 is 1.18 bits per heavy atom. The zero-order valence-electron chi connectivity index (χ0n) is 7.60. The highest BCUT2D eigenvalue weighted by molar-refractivity contribution is 7.99. The Morgan fingerprint density at radius 3 is 2.64 bits per heavy atom. The first-order chi connectivity index (χ1) is 5.16. The second kappa shape index (κ2) is 2.69. The van der Waals surface area contributed by atoms with Crippen LogP contribution >= 0.6 is 11.8 Å². The van der Waals surface area contributed by atoms with E-state index in [1.54, 1.807) is 0 Å². The molecule has 3 fully saturated rings. The molecule has 2 bridgehead atoms. The van der Waals surface area contributed by atoms with Gasteiger partial charge in [0.15, 0.2) is 0 Å². The SMILES string of the molecule is CC1(C)CC2CCC(C1)SC2. The molecule has 0 N–H and O–H groups in total. The molecule has 0 amide bonds. The maximum atomic E-state index is 2.45. The van der Waals surface area contributed by atoms with Crippen LogP contribution in [0.15, 0.2) is 0 Å². The predicted molar refractivity (Wildman–Crippen MR) is 52.0 cm³/mol. The summed E-state index contributed by atoms with van der Waals surface area (Å²) in [4.78, 5) is 0. The van der Waals surface area contributed by atoms with Gasteiger partial charge >= 0.3 is 0 Å². The van der Waals surface area contributed by atoms with E-state index >= 15 is 0 Å². The molecule has 0 spiro atoms. The predicted octanol–water partition coefficient (Wildman–Crippen LogP) is 3.32. The Balaban J connectivity index is 2.12. The van der Waals surface area contributed by atoms with Gasteiger partial charge in [-0.05, 0) is 42.8 Å². The second-order valence-electron chi connectivity index (χ2n) is 4.97. The summed E-state index contributed by atoms with van der Waals surface area (Å²) in [5.41, 5.74) is 0.648. The van der Waals surface area contributed by atoms with Gasteiger partial charge in [-0.2, -0.15) is 11.8 Å². The van der Waals surface area contributed by atoms with E-state index in [-0.39, 0.29) is 0 Å². The van der Waals surface area contributed by atoms with Crippen molar-refractivity contribution in [3.63, 3.8) is 0 Å². The van der Waals surface area contributed by atoms with Gasteiger partial charge in [0.2, 0.25) is 0 Å². The molecule has 1 saturated carbocycles. The lowest BCUT2D eigenvalue weighted by Gasteiger charge is -2.23. The molecule has 2 unspecified atom stereocenters. The molecule has 0 aromatic rings. The van der Waals surface area contributed by atoms with Crippen LogP contribution in [0.25, 0.3) is 0 Å². The monoisotopic (exact) mass is 170 g/mol. The van der Waals surface area contributed by atoms with Gasteiger partial charge in [0.25, 0.3) is 0 Å². The van der Waals surface area contributed by atoms with Gasteiger partial charge in [-0.3, -0.25) is 0 Å². The summed E-state index contributed by atoms with van der Waals surface area (Å²) < 4.78 is 0. The molecule has 0 nitrogen and oxygen atoms in total. The van der Waals surface area contributed by atoms with Crippen LogP contribution in [0, 0.1) is 11.3 Å². The summed E-state index contributed by atoms with van der Waals surface area (Å²) in [6.45, 7) is 4.90. The zero-order chi connectivity index (χ0) is 7.90. The van der Waals surface area contributed by atoms with Crippen molar-refractivity contribution in [2.75, 3.05) is 5.75 Å². The number of hydrogen-bond donors (Lipinski definition) is 0. The van der Waals surface area contributed by atoms with Crippen LogP contribution < -0.4 is 0 Å². The molecule has 2 saturated heterocycles. The molecule has 2 atom stereocenters. The van der Waals surface area contributed by atoms with Crippen LogP contribution in [-0.4, -0.2) is 11.0 Å². The topological polar surface area (TPSA) is 0 Å². The van der Waals surface area contributed by atoms with Crippen molar-refractivity contribution in [3.05, 3.63) is 0 Å². The first kappa shape index (κ1) is 7.97. The van der Waals surface area contributed by atoms with Crippen LogP contribution in [0.3, 0.4) is 0 Å². The normalized spacial score (nSPS) is 42.0. The molecule has 1 aliphatic carbocycles. The molecule has 3 aliphatic rings. The number of hydrogen-bond acceptors (Lipinski definition) is 1. The van der Waals surface area contributed by atoms with Gasteiger partial charge in [0.05, 0.1) is 0 Å². The molecule has 0 aromatic heterocycles. The lowest BCUT2D eigenvalue weighted by Crippen LogP contribution is -2.14. The second-order valence-corrected chi connectivity index (χ2v) is 6.30. The fraction of sp³-hybridized carbons (Fsp3) is 1.00. The molecule has 1 heteroatoms. The highest BCUT2D eigenvalue weighted by Gasteiger charge is 2.35. The van der Waals surface area contributed by atoms with E-state index in [1.807, 2.05) is 0 Å². The zero-order valence-corrected chi connectivity index (χ0v) is 8.41. The summed E-state index contributed by atoms with van der Waals surface area (Å²) in [6.07, 6.45) is 5.96. The van der Waals surface area contributed by atoms with E-state index in [4.69, 9.17) is 0 Å². The Kier molecular flexibility index (Phi) is 1.95. The van der Waals surface area contributed by atoms with Gasteiger partial charge in [0.1, 0.15) is 0 Å². The third-order valence-corrected chi connectivity index (χ3v) is 4.62. The van der Waals surface area contributed by atoms with Crippen molar-refractivity contribution in [2.45, 2.75) is 44.8 Å². The minimum atomic E-state index is 0.648. The first-order valence-electron chi connectivity index (χ1n) is 4.77. The van der Waals surface area contributed by atoms with Crippen molar-refractivity contribution in [2.24, 2.45) is 11.3 Å². The lowest BCUT2D eigenvalue weighted by atomic mass is 9.82. The molecular formula is C10H18S. The number of thioether (sulfide) groups is 1. The molecule has 2 heterocycles. The fourth-order valence-corrected chi connectivity index (χ4v) is 4.36. The van der Waals surface area contributed by atoms with Gasteiger partial charge in [-0.25, -0.2) is 0 Å². The Bertz CT molecular complexity index is 127. The van der Waals surface area contributed by atoms with E-state index in [0.29, 0.717) is 5.41 Å². The summed E-state index contributed by atoms with van der Waals surface area (Å²) >= 11 is 2.24. The summed E-state index contributed by atoms with van der Waals surface area (Å²) in [5, 5.41) is 1.00. The van der Waals surface area contributed by atoms with Crippen molar-refractivity contribution < 1.29 is 0 Å². The standard InChI is InChI=1S/C10H18S/c1-10(2)5-8-3-4-9(6-10)11-7-8/h8-9H,3-7H2,1-2H3. The van der Waals surface area contributed by atoms with E-state index in [0.717, 1.165) is 11.2 Å². The van der Waals surface area contributed by atoms with Crippen molar-refractivity contribution in [3.8, 4) is 0 Å². The van der Waals surface area contributed by atoms with Crippen LogP contribution in [-0.2, 0) is 0 Å². The van der Waals surface area contributed by atoms with E-state index in [1.165, 1.54) is 31.4 Å². The van der Waals surface area contributed by atoms with Crippen LogP contribution in [0.2, 0.25) is 0 Å². The van der Waals surface area contributed by atoms with Gasteiger partial charge in [-0.15, -0.1) is 0 Å². The van der Waals surface area contributed by atoms with Crippen molar-refractivity contribution in [1.82, 2.24) is 0 Å². The van der Waals surface area contributed by atoms with E-state index in [2.05, 4.69) is 25.6 Å². The maximum absolute atomic E-state index is 2.45. The van der Waals surface area contributed by atoms with Gasteiger partial charge < -0.3 is 0 Å². The Labute approximate surface area is 74.1 Å². The third-order valence-electron chi connectivity index (χ3n) is 3.09. The fourth-order valence-electron chi connectivity index (χ4n) is 2.66. The first-order valence-corrected chi connectivity index (χ1v) is 5.82.